The second-order valence-corrected chi connectivity index (χ2v) is 8.71. The van der Waals surface area contributed by atoms with Crippen molar-refractivity contribution in [3.63, 3.8) is 0 Å². The number of benzene rings is 1. The van der Waals surface area contributed by atoms with Crippen LogP contribution in [0.25, 0.3) is 11.3 Å². The summed E-state index contributed by atoms with van der Waals surface area (Å²) in [6.45, 7) is 4.92. The van der Waals surface area contributed by atoms with E-state index in [-0.39, 0.29) is 17.7 Å². The number of nitrogens with two attached hydrogens (primary N) is 1. The van der Waals surface area contributed by atoms with Crippen molar-refractivity contribution in [2.75, 3.05) is 24.2 Å². The molecular formula is C23H26ClN5OS. The molecule has 6 nitrogen and oxygen atoms in total. The number of rotatable bonds is 8. The Morgan fingerprint density at radius 3 is 2.68 bits per heavy atom. The number of aromatic nitrogens is 3. The summed E-state index contributed by atoms with van der Waals surface area (Å²) in [6, 6.07) is 9.96. The number of hydrogen-bond donors (Lipinski definition) is 3. The fourth-order valence-electron chi connectivity index (χ4n) is 3.13. The molecule has 0 amide bonds. The Kier molecular flexibility index (Phi) is 8.24. The second kappa shape index (κ2) is 11.1. The molecule has 162 valence electrons. The van der Waals surface area contributed by atoms with Crippen molar-refractivity contribution in [1.82, 2.24) is 15.0 Å². The van der Waals surface area contributed by atoms with Gasteiger partial charge in [-0.2, -0.15) is 9.97 Å². The topological polar surface area (TPSA) is 97.0 Å². The Morgan fingerprint density at radius 1 is 1.19 bits per heavy atom. The third kappa shape index (κ3) is 6.17. The van der Waals surface area contributed by atoms with Crippen LogP contribution in [0.4, 0.5) is 11.8 Å². The fraction of sp³-hybridized carbons (Fsp3) is 0.348. The van der Waals surface area contributed by atoms with Crippen LogP contribution in [0.15, 0.2) is 30.3 Å². The molecule has 3 aromatic rings. The summed E-state index contributed by atoms with van der Waals surface area (Å²) in [5.41, 5.74) is 8.18. The molecule has 0 radical (unpaired) electrons. The van der Waals surface area contributed by atoms with E-state index in [1.54, 1.807) is 0 Å². The Morgan fingerprint density at radius 2 is 1.97 bits per heavy atom. The summed E-state index contributed by atoms with van der Waals surface area (Å²) in [4.78, 5) is 13.9. The Balaban J connectivity index is 1.84. The summed E-state index contributed by atoms with van der Waals surface area (Å²) >= 11 is 7.89. The van der Waals surface area contributed by atoms with E-state index in [1.807, 2.05) is 37.3 Å². The number of hydrogen-bond acceptors (Lipinski definition) is 7. The number of aliphatic hydroxyl groups excluding tert-OH is 1. The minimum Gasteiger partial charge on any atom is -0.396 e. The van der Waals surface area contributed by atoms with Gasteiger partial charge in [-0.3, -0.25) is 0 Å². The van der Waals surface area contributed by atoms with Gasteiger partial charge < -0.3 is 16.2 Å². The molecule has 1 atom stereocenters. The van der Waals surface area contributed by atoms with Gasteiger partial charge in [-0.25, -0.2) is 4.98 Å². The van der Waals surface area contributed by atoms with Gasteiger partial charge in [-0.1, -0.05) is 61.2 Å². The Bertz CT molecular complexity index is 1070. The van der Waals surface area contributed by atoms with E-state index in [0.717, 1.165) is 40.4 Å². The van der Waals surface area contributed by atoms with Gasteiger partial charge in [0.1, 0.15) is 16.3 Å². The third-order valence-electron chi connectivity index (χ3n) is 4.88. The van der Waals surface area contributed by atoms with Gasteiger partial charge in [-0.05, 0) is 31.6 Å². The molecule has 0 saturated carbocycles. The highest BCUT2D eigenvalue weighted by Crippen LogP contribution is 2.28. The maximum absolute atomic E-state index is 9.35. The smallest absolute Gasteiger partial charge is 0.223 e. The lowest BCUT2D eigenvalue weighted by Crippen LogP contribution is -2.11. The minimum atomic E-state index is 0.0958. The van der Waals surface area contributed by atoms with E-state index < -0.39 is 0 Å². The number of halogens is 1. The largest absolute Gasteiger partial charge is 0.396 e. The number of nitrogens with one attached hydrogen (secondary N) is 1. The molecule has 8 heteroatoms. The first kappa shape index (κ1) is 23.0. The lowest BCUT2D eigenvalue weighted by molar-refractivity contribution is 0.213. The third-order valence-corrected chi connectivity index (χ3v) is 6.04. The minimum absolute atomic E-state index is 0.0958. The lowest BCUT2D eigenvalue weighted by Gasteiger charge is -2.12. The van der Waals surface area contributed by atoms with Crippen molar-refractivity contribution in [2.45, 2.75) is 33.1 Å². The average Bonchev–Trinajstić information content (AvgIpc) is 3.14. The summed E-state index contributed by atoms with van der Waals surface area (Å²) < 4.78 is 0. The molecule has 0 saturated heterocycles. The lowest BCUT2D eigenvalue weighted by atomic mass is 10.0. The summed E-state index contributed by atoms with van der Waals surface area (Å²) in [7, 11) is 0. The van der Waals surface area contributed by atoms with Gasteiger partial charge in [0.05, 0.1) is 10.7 Å². The molecule has 1 unspecified atom stereocenters. The van der Waals surface area contributed by atoms with Crippen LogP contribution in [-0.2, 0) is 0 Å². The zero-order chi connectivity index (χ0) is 22.2. The Labute approximate surface area is 191 Å². The fourth-order valence-corrected chi connectivity index (χ4v) is 4.15. The van der Waals surface area contributed by atoms with Crippen LogP contribution in [0.3, 0.4) is 0 Å². The summed E-state index contributed by atoms with van der Waals surface area (Å²) in [5, 5.41) is 13.8. The first-order chi connectivity index (χ1) is 15.0. The van der Waals surface area contributed by atoms with E-state index in [2.05, 4.69) is 39.0 Å². The molecule has 0 bridgehead atoms. The molecular weight excluding hydrogens is 430 g/mol. The van der Waals surface area contributed by atoms with Gasteiger partial charge in [0.2, 0.25) is 5.95 Å². The van der Waals surface area contributed by atoms with Crippen molar-refractivity contribution in [3.8, 4) is 23.1 Å². The van der Waals surface area contributed by atoms with Crippen molar-refractivity contribution in [2.24, 2.45) is 5.92 Å². The maximum Gasteiger partial charge on any atom is 0.223 e. The Hall–Kier alpha value is -2.66. The standard InChI is InChI=1S/C23H26ClN5OS/c1-3-16(14-30)8-7-13-26-22-18(21(24)28-23(25)29-22)11-12-19-20(27-15(2)31-19)17-9-5-4-6-10-17/h4-6,9-10,16,30H,3,7-8,13-14H2,1-2H3,(H3,25,26,28,29). The normalized spacial score (nSPS) is 11.6. The molecule has 31 heavy (non-hydrogen) atoms. The highest BCUT2D eigenvalue weighted by atomic mass is 35.5. The van der Waals surface area contributed by atoms with Crippen LogP contribution in [0, 0.1) is 24.7 Å². The van der Waals surface area contributed by atoms with Crippen LogP contribution in [0.1, 0.15) is 41.6 Å². The number of thiazole rings is 1. The van der Waals surface area contributed by atoms with Crippen molar-refractivity contribution in [3.05, 3.63) is 50.9 Å². The predicted molar refractivity (Wildman–Crippen MR) is 128 cm³/mol. The number of aryl methyl sites for hydroxylation is 1. The molecule has 0 aliphatic rings. The first-order valence-electron chi connectivity index (χ1n) is 10.2. The van der Waals surface area contributed by atoms with Crippen molar-refractivity contribution in [1.29, 1.82) is 0 Å². The van der Waals surface area contributed by atoms with Crippen LogP contribution in [0.5, 0.6) is 0 Å². The van der Waals surface area contributed by atoms with E-state index >= 15 is 0 Å². The molecule has 0 aliphatic carbocycles. The highest BCUT2D eigenvalue weighted by Gasteiger charge is 2.13. The average molecular weight is 456 g/mol. The van der Waals surface area contributed by atoms with Crippen LogP contribution >= 0.6 is 22.9 Å². The number of nitrogen functional groups attached to an aromatic ring is 1. The quantitative estimate of drug-likeness (QED) is 0.257. The van der Waals surface area contributed by atoms with E-state index in [0.29, 0.717) is 23.8 Å². The van der Waals surface area contributed by atoms with Gasteiger partial charge in [0.15, 0.2) is 5.15 Å². The zero-order valence-corrected chi connectivity index (χ0v) is 19.2. The monoisotopic (exact) mass is 455 g/mol. The maximum atomic E-state index is 9.35. The highest BCUT2D eigenvalue weighted by molar-refractivity contribution is 7.12. The predicted octanol–water partition coefficient (Wildman–Crippen LogP) is 4.75. The number of anilines is 2. The van der Waals surface area contributed by atoms with Crippen LogP contribution < -0.4 is 11.1 Å². The summed E-state index contributed by atoms with van der Waals surface area (Å²) in [5.74, 6) is 7.26. The molecule has 3 rings (SSSR count). The van der Waals surface area contributed by atoms with Gasteiger partial charge >= 0.3 is 0 Å². The molecule has 0 fully saturated rings. The van der Waals surface area contributed by atoms with Gasteiger partial charge in [0, 0.05) is 18.7 Å². The van der Waals surface area contributed by atoms with E-state index in [4.69, 9.17) is 17.3 Å². The SMILES string of the molecule is CCC(CO)CCCNc1nc(N)nc(Cl)c1C#Cc1sc(C)nc1-c1ccccc1. The molecule has 4 N–H and O–H groups in total. The molecule has 0 spiro atoms. The summed E-state index contributed by atoms with van der Waals surface area (Å²) in [6.07, 6.45) is 2.77. The zero-order valence-electron chi connectivity index (χ0n) is 17.7. The second-order valence-electron chi connectivity index (χ2n) is 7.15. The molecule has 1 aromatic carbocycles. The van der Waals surface area contributed by atoms with Crippen molar-refractivity contribution < 1.29 is 5.11 Å². The first-order valence-corrected chi connectivity index (χ1v) is 11.4. The van der Waals surface area contributed by atoms with Gasteiger partial charge in [0.25, 0.3) is 0 Å². The number of nitrogens with zero attached hydrogens (tertiary/aromatic N) is 3. The van der Waals surface area contributed by atoms with Crippen LogP contribution in [0.2, 0.25) is 5.15 Å². The van der Waals surface area contributed by atoms with E-state index in [1.165, 1.54) is 11.3 Å². The van der Waals surface area contributed by atoms with Gasteiger partial charge in [-0.15, -0.1) is 11.3 Å². The van der Waals surface area contributed by atoms with Crippen molar-refractivity contribution >= 4 is 34.7 Å². The molecule has 2 heterocycles. The van der Waals surface area contributed by atoms with E-state index in [9.17, 15) is 5.11 Å². The number of aliphatic hydroxyl groups is 1. The van der Waals surface area contributed by atoms with Crippen LogP contribution in [-0.4, -0.2) is 33.2 Å². The molecule has 2 aromatic heterocycles. The molecule has 0 aliphatic heterocycles.